The van der Waals surface area contributed by atoms with Gasteiger partial charge < -0.3 is 14.2 Å². The van der Waals surface area contributed by atoms with Gasteiger partial charge in [0.25, 0.3) is 5.91 Å². The van der Waals surface area contributed by atoms with Crippen LogP contribution < -0.4 is 10.1 Å². The van der Waals surface area contributed by atoms with Gasteiger partial charge in [-0.1, -0.05) is 18.6 Å². The average molecular weight is 528 g/mol. The Morgan fingerprint density at radius 3 is 2.67 bits per heavy atom. The maximum absolute atomic E-state index is 13.0. The molecule has 9 heteroatoms. The molecule has 4 heterocycles. The summed E-state index contributed by atoms with van der Waals surface area (Å²) in [4.78, 5) is 45.2. The third-order valence-electron chi connectivity index (χ3n) is 8.11. The molecule has 0 spiro atoms. The number of piperidine rings is 2. The Hall–Kier alpha value is -3.98. The van der Waals surface area contributed by atoms with Gasteiger partial charge in [-0.25, -0.2) is 4.98 Å². The van der Waals surface area contributed by atoms with Crippen molar-refractivity contribution in [3.8, 4) is 11.4 Å². The lowest BCUT2D eigenvalue weighted by Crippen LogP contribution is -2.52. The van der Waals surface area contributed by atoms with E-state index in [9.17, 15) is 14.4 Å². The minimum absolute atomic E-state index is 0.168. The second-order valence-electron chi connectivity index (χ2n) is 10.7. The summed E-state index contributed by atoms with van der Waals surface area (Å²) < 4.78 is 8.34. The molecule has 0 bridgehead atoms. The first-order valence-electron chi connectivity index (χ1n) is 13.7. The Morgan fingerprint density at radius 2 is 1.90 bits per heavy atom. The summed E-state index contributed by atoms with van der Waals surface area (Å²) in [5, 5.41) is 2.35. The Kier molecular flexibility index (Phi) is 6.91. The van der Waals surface area contributed by atoms with Crippen LogP contribution in [0.25, 0.3) is 5.69 Å². The Labute approximate surface area is 227 Å². The fourth-order valence-electron chi connectivity index (χ4n) is 5.94. The zero-order valence-electron chi connectivity index (χ0n) is 22.1. The van der Waals surface area contributed by atoms with E-state index in [1.807, 2.05) is 31.5 Å². The van der Waals surface area contributed by atoms with Crippen LogP contribution in [0.4, 0.5) is 0 Å². The number of amides is 3. The minimum Gasteiger partial charge on any atom is -0.492 e. The fraction of sp³-hybridized carbons (Fsp3) is 0.400. The van der Waals surface area contributed by atoms with E-state index in [-0.39, 0.29) is 18.2 Å². The van der Waals surface area contributed by atoms with Gasteiger partial charge in [0.05, 0.1) is 0 Å². The number of imide groups is 1. The SMILES string of the molecule is Cc1nccn1-c1ccc(CN2CCCCC2COc2ccc3c(c2)CN(C2CCC(=O)NC2=O)C3=O)cc1. The fourth-order valence-corrected chi connectivity index (χ4v) is 5.94. The summed E-state index contributed by atoms with van der Waals surface area (Å²) in [6.45, 7) is 4.84. The highest BCUT2D eigenvalue weighted by molar-refractivity contribution is 6.05. The van der Waals surface area contributed by atoms with E-state index in [4.69, 9.17) is 4.74 Å². The van der Waals surface area contributed by atoms with Crippen LogP contribution in [-0.4, -0.2) is 62.3 Å². The molecule has 1 aromatic heterocycles. The molecule has 1 N–H and O–H groups in total. The van der Waals surface area contributed by atoms with Crippen molar-refractivity contribution in [1.29, 1.82) is 0 Å². The van der Waals surface area contributed by atoms with Crippen molar-refractivity contribution in [2.45, 2.75) is 64.2 Å². The predicted octanol–water partition coefficient (Wildman–Crippen LogP) is 3.38. The van der Waals surface area contributed by atoms with Crippen LogP contribution in [0.3, 0.4) is 0 Å². The number of carbonyl (C=O) groups is 3. The number of likely N-dealkylation sites (tertiary alicyclic amines) is 1. The standard InChI is InChI=1S/C30H33N5O4/c1-20-31-13-15-34(20)23-7-5-21(6-8-23)17-33-14-3-2-4-24(33)19-39-25-9-10-26-22(16-25)18-35(30(26)38)27-11-12-28(36)32-29(27)37/h5-10,13,15-16,24,27H,2-4,11-12,14,17-19H2,1H3,(H,32,36,37). The second-order valence-corrected chi connectivity index (χ2v) is 10.7. The van der Waals surface area contributed by atoms with E-state index in [1.165, 1.54) is 18.4 Å². The van der Waals surface area contributed by atoms with Crippen molar-refractivity contribution in [2.24, 2.45) is 0 Å². The van der Waals surface area contributed by atoms with Crippen molar-refractivity contribution in [3.63, 3.8) is 0 Å². The van der Waals surface area contributed by atoms with E-state index in [2.05, 4.69) is 44.0 Å². The zero-order valence-corrected chi connectivity index (χ0v) is 22.1. The number of aromatic nitrogens is 2. The van der Waals surface area contributed by atoms with Crippen molar-refractivity contribution >= 4 is 17.7 Å². The molecule has 0 aliphatic carbocycles. The molecule has 3 aliphatic rings. The van der Waals surface area contributed by atoms with Crippen LogP contribution >= 0.6 is 0 Å². The third-order valence-corrected chi connectivity index (χ3v) is 8.11. The van der Waals surface area contributed by atoms with Crippen molar-refractivity contribution in [2.75, 3.05) is 13.2 Å². The van der Waals surface area contributed by atoms with Gasteiger partial charge in [-0.05, 0) is 74.2 Å². The van der Waals surface area contributed by atoms with E-state index >= 15 is 0 Å². The Bertz CT molecular complexity index is 1400. The number of rotatable bonds is 7. The molecule has 3 aliphatic heterocycles. The molecular formula is C30H33N5O4. The zero-order chi connectivity index (χ0) is 26.9. The van der Waals surface area contributed by atoms with E-state index in [1.54, 1.807) is 11.0 Å². The highest BCUT2D eigenvalue weighted by atomic mass is 16.5. The van der Waals surface area contributed by atoms with Crippen LogP contribution in [-0.2, 0) is 22.7 Å². The summed E-state index contributed by atoms with van der Waals surface area (Å²) in [6, 6.07) is 13.9. The monoisotopic (exact) mass is 527 g/mol. The highest BCUT2D eigenvalue weighted by Gasteiger charge is 2.39. The van der Waals surface area contributed by atoms with Gasteiger partial charge in [-0.3, -0.25) is 24.6 Å². The lowest BCUT2D eigenvalue weighted by molar-refractivity contribution is -0.136. The largest absolute Gasteiger partial charge is 0.492 e. The molecule has 0 radical (unpaired) electrons. The number of nitrogens with zero attached hydrogens (tertiary/aromatic N) is 4. The first-order chi connectivity index (χ1) is 19.0. The van der Waals surface area contributed by atoms with Gasteiger partial charge in [0.1, 0.15) is 24.2 Å². The molecule has 39 heavy (non-hydrogen) atoms. The summed E-state index contributed by atoms with van der Waals surface area (Å²) in [6.07, 6.45) is 7.84. The van der Waals surface area contributed by atoms with Crippen molar-refractivity contribution in [3.05, 3.63) is 77.4 Å². The first-order valence-corrected chi connectivity index (χ1v) is 13.7. The molecule has 3 amide bonds. The number of aryl methyl sites for hydroxylation is 1. The van der Waals surface area contributed by atoms with Crippen molar-refractivity contribution < 1.29 is 19.1 Å². The van der Waals surface area contributed by atoms with Crippen LogP contribution in [0.5, 0.6) is 5.75 Å². The lowest BCUT2D eigenvalue weighted by atomic mass is 10.0. The maximum Gasteiger partial charge on any atom is 0.255 e. The van der Waals surface area contributed by atoms with E-state index in [0.29, 0.717) is 31.2 Å². The molecule has 2 atom stereocenters. The molecule has 0 saturated carbocycles. The maximum atomic E-state index is 13.0. The molecule has 6 rings (SSSR count). The number of carbonyl (C=O) groups excluding carboxylic acids is 3. The molecular weight excluding hydrogens is 494 g/mol. The normalized spacial score (nSPS) is 21.7. The van der Waals surface area contributed by atoms with Crippen LogP contribution in [0.2, 0.25) is 0 Å². The summed E-state index contributed by atoms with van der Waals surface area (Å²) in [5.74, 6) is 0.855. The first kappa shape index (κ1) is 25.3. The average Bonchev–Trinajstić information content (AvgIpc) is 3.51. The quantitative estimate of drug-likeness (QED) is 0.474. The van der Waals surface area contributed by atoms with Crippen LogP contribution in [0, 0.1) is 6.92 Å². The number of nitrogens with one attached hydrogen (secondary N) is 1. The van der Waals surface area contributed by atoms with E-state index < -0.39 is 11.9 Å². The topological polar surface area (TPSA) is 96.8 Å². The number of benzene rings is 2. The molecule has 2 saturated heterocycles. The van der Waals surface area contributed by atoms with Gasteiger partial charge in [0.15, 0.2) is 0 Å². The second kappa shape index (κ2) is 10.6. The van der Waals surface area contributed by atoms with Crippen molar-refractivity contribution in [1.82, 2.24) is 24.7 Å². The van der Waals surface area contributed by atoms with Gasteiger partial charge in [0.2, 0.25) is 11.8 Å². The van der Waals surface area contributed by atoms with Gasteiger partial charge in [-0.2, -0.15) is 0 Å². The van der Waals surface area contributed by atoms with Crippen LogP contribution in [0.1, 0.15) is 59.4 Å². The highest BCUT2D eigenvalue weighted by Crippen LogP contribution is 2.31. The summed E-state index contributed by atoms with van der Waals surface area (Å²) in [7, 11) is 0. The molecule has 2 fully saturated rings. The smallest absolute Gasteiger partial charge is 0.255 e. The summed E-state index contributed by atoms with van der Waals surface area (Å²) >= 11 is 0. The number of imidazole rings is 1. The molecule has 2 unspecified atom stereocenters. The number of hydrogen-bond donors (Lipinski definition) is 1. The lowest BCUT2D eigenvalue weighted by Gasteiger charge is -2.35. The minimum atomic E-state index is -0.610. The molecule has 202 valence electrons. The molecule has 2 aromatic carbocycles. The molecule has 9 nitrogen and oxygen atoms in total. The van der Waals surface area contributed by atoms with Gasteiger partial charge >= 0.3 is 0 Å². The number of hydrogen-bond acceptors (Lipinski definition) is 6. The Morgan fingerprint density at radius 1 is 1.05 bits per heavy atom. The van der Waals surface area contributed by atoms with Gasteiger partial charge in [0, 0.05) is 49.2 Å². The molecule has 3 aromatic rings. The van der Waals surface area contributed by atoms with E-state index in [0.717, 1.165) is 42.3 Å². The summed E-state index contributed by atoms with van der Waals surface area (Å²) in [5.41, 5.74) is 3.84. The number of ether oxygens (including phenoxy) is 1. The van der Waals surface area contributed by atoms with Gasteiger partial charge in [-0.15, -0.1) is 0 Å². The Balaban J connectivity index is 1.08. The van der Waals surface area contributed by atoms with Crippen LogP contribution in [0.15, 0.2) is 54.9 Å². The number of fused-ring (bicyclic) bond motifs is 1. The third kappa shape index (κ3) is 5.18. The predicted molar refractivity (Wildman–Crippen MR) is 144 cm³/mol.